The monoisotopic (exact) mass is 668 g/mol. The lowest BCUT2D eigenvalue weighted by molar-refractivity contribution is -0.00536. The summed E-state index contributed by atoms with van der Waals surface area (Å²) in [6, 6.07) is 23.9. The number of nitrogens with two attached hydrogens (primary N) is 2. The predicted octanol–water partition coefficient (Wildman–Crippen LogP) is 10.4. The summed E-state index contributed by atoms with van der Waals surface area (Å²) in [6.07, 6.45) is 16.0. The van der Waals surface area contributed by atoms with E-state index in [0.29, 0.717) is 22.9 Å². The van der Waals surface area contributed by atoms with Gasteiger partial charge in [0.1, 0.15) is 34.5 Å². The lowest BCUT2D eigenvalue weighted by Gasteiger charge is -2.57. The first kappa shape index (κ1) is 30.5. The van der Waals surface area contributed by atoms with E-state index in [0.717, 1.165) is 58.1 Å². The van der Waals surface area contributed by atoms with Crippen LogP contribution in [-0.2, 0) is 10.8 Å². The number of phenolic OH excluding ortho intramolecular Hbond substituents is 2. The molecular weight excluding hydrogens is 620 g/mol. The third kappa shape index (κ3) is 5.04. The molecule has 0 aliphatic heterocycles. The highest BCUT2D eigenvalue weighted by atomic mass is 16.5. The van der Waals surface area contributed by atoms with E-state index >= 15 is 0 Å². The van der Waals surface area contributed by atoms with Gasteiger partial charge in [0, 0.05) is 23.3 Å². The van der Waals surface area contributed by atoms with E-state index in [1.54, 1.807) is 24.3 Å². The summed E-state index contributed by atoms with van der Waals surface area (Å²) in [5, 5.41) is 21.0. The molecule has 0 amide bonds. The van der Waals surface area contributed by atoms with Crippen molar-refractivity contribution >= 4 is 11.4 Å². The number of hydrogen-bond acceptors (Lipinski definition) is 6. The van der Waals surface area contributed by atoms with Crippen LogP contribution in [0.5, 0.6) is 34.5 Å². The molecule has 0 spiro atoms. The minimum atomic E-state index is 0.00484. The molecule has 8 bridgehead atoms. The number of nitrogen functional groups attached to an aromatic ring is 2. The first-order chi connectivity index (χ1) is 24.2. The Morgan fingerprint density at radius 3 is 1.12 bits per heavy atom. The van der Waals surface area contributed by atoms with Gasteiger partial charge < -0.3 is 31.2 Å². The van der Waals surface area contributed by atoms with E-state index in [1.165, 1.54) is 88.2 Å². The van der Waals surface area contributed by atoms with Crippen LogP contribution in [0.15, 0.2) is 72.8 Å². The topological polar surface area (TPSA) is 111 Å². The van der Waals surface area contributed by atoms with Gasteiger partial charge in [-0.05, 0) is 183 Å². The maximum absolute atomic E-state index is 10.5. The first-order valence-electron chi connectivity index (χ1n) is 19.0. The molecule has 6 nitrogen and oxygen atoms in total. The predicted molar refractivity (Wildman–Crippen MR) is 197 cm³/mol. The average Bonchev–Trinajstić information content (AvgIpc) is 3.07. The van der Waals surface area contributed by atoms with Gasteiger partial charge in [0.05, 0.1) is 11.4 Å². The van der Waals surface area contributed by atoms with E-state index in [4.69, 9.17) is 20.9 Å². The first-order valence-corrected chi connectivity index (χ1v) is 19.0. The van der Waals surface area contributed by atoms with Crippen molar-refractivity contribution in [3.63, 3.8) is 0 Å². The van der Waals surface area contributed by atoms with E-state index in [2.05, 4.69) is 36.4 Å². The van der Waals surface area contributed by atoms with Crippen LogP contribution >= 0.6 is 0 Å². The molecule has 0 radical (unpaired) electrons. The number of aromatic hydroxyl groups is 2. The number of phenols is 2. The van der Waals surface area contributed by atoms with Crippen molar-refractivity contribution in [3.05, 3.63) is 83.9 Å². The van der Waals surface area contributed by atoms with Crippen LogP contribution in [0.3, 0.4) is 0 Å². The zero-order chi connectivity index (χ0) is 33.8. The van der Waals surface area contributed by atoms with E-state index in [1.807, 2.05) is 12.1 Å². The van der Waals surface area contributed by atoms with Crippen LogP contribution in [0.4, 0.5) is 11.4 Å². The van der Waals surface area contributed by atoms with Crippen molar-refractivity contribution < 1.29 is 19.7 Å². The quantitative estimate of drug-likeness (QED) is 0.115. The van der Waals surface area contributed by atoms with Gasteiger partial charge in [-0.15, -0.1) is 0 Å². The average molecular weight is 669 g/mol. The number of anilines is 2. The van der Waals surface area contributed by atoms with Crippen LogP contribution in [0.1, 0.15) is 88.2 Å². The van der Waals surface area contributed by atoms with Crippen molar-refractivity contribution in [2.45, 2.75) is 87.9 Å². The number of ether oxygens (including phenoxy) is 2. The molecule has 8 aliphatic rings. The Morgan fingerprint density at radius 1 is 0.460 bits per heavy atom. The minimum Gasteiger partial charge on any atom is -0.506 e. The Kier molecular flexibility index (Phi) is 6.76. The molecule has 50 heavy (non-hydrogen) atoms. The van der Waals surface area contributed by atoms with Crippen molar-refractivity contribution in [2.75, 3.05) is 11.5 Å². The van der Waals surface area contributed by atoms with Gasteiger partial charge in [0.2, 0.25) is 0 Å². The normalized spacial score (nSPS) is 33.1. The Hall–Kier alpha value is -4.32. The van der Waals surface area contributed by atoms with Crippen molar-refractivity contribution in [3.8, 4) is 45.6 Å². The van der Waals surface area contributed by atoms with E-state index < -0.39 is 0 Å². The molecule has 0 heterocycles. The third-order valence-corrected chi connectivity index (χ3v) is 14.0. The van der Waals surface area contributed by atoms with Gasteiger partial charge in [-0.2, -0.15) is 0 Å². The summed E-state index contributed by atoms with van der Waals surface area (Å²) in [6.45, 7) is 0. The lowest BCUT2D eigenvalue weighted by atomic mass is 9.48. The molecule has 258 valence electrons. The van der Waals surface area contributed by atoms with Crippen LogP contribution in [0.2, 0.25) is 0 Å². The summed E-state index contributed by atoms with van der Waals surface area (Å²) in [4.78, 5) is 0. The maximum atomic E-state index is 10.5. The summed E-state index contributed by atoms with van der Waals surface area (Å²) in [7, 11) is 0. The fourth-order valence-corrected chi connectivity index (χ4v) is 12.7. The van der Waals surface area contributed by atoms with Gasteiger partial charge >= 0.3 is 0 Å². The Morgan fingerprint density at radius 2 is 0.800 bits per heavy atom. The summed E-state index contributed by atoms with van der Waals surface area (Å²) < 4.78 is 13.4. The highest BCUT2D eigenvalue weighted by molar-refractivity contribution is 5.79. The number of benzene rings is 4. The molecule has 0 atom stereocenters. The van der Waals surface area contributed by atoms with E-state index in [-0.39, 0.29) is 22.3 Å². The molecule has 8 fully saturated rings. The number of hydrogen-bond donors (Lipinski definition) is 4. The Labute approximate surface area is 294 Å². The SMILES string of the molecule is Nc1ccc(Oc2ccc(C34CC5CC(CC(C5)C3)C4)cc2-c2cc(C34CC5CC(CC(C5)C3)C4)ccc2Oc2ccc(N)c(O)c2)cc1O. The lowest BCUT2D eigenvalue weighted by Crippen LogP contribution is -2.48. The van der Waals surface area contributed by atoms with Crippen molar-refractivity contribution in [1.82, 2.24) is 0 Å². The van der Waals surface area contributed by atoms with Gasteiger partial charge in [-0.1, -0.05) is 12.1 Å². The second-order valence-corrected chi connectivity index (χ2v) is 17.5. The Bertz CT molecular complexity index is 1790. The van der Waals surface area contributed by atoms with Gasteiger partial charge in [-0.3, -0.25) is 0 Å². The molecule has 6 N–H and O–H groups in total. The van der Waals surface area contributed by atoms with E-state index in [9.17, 15) is 10.2 Å². The van der Waals surface area contributed by atoms with Crippen molar-refractivity contribution in [1.29, 1.82) is 0 Å². The molecule has 0 unspecified atom stereocenters. The molecule has 4 aromatic rings. The zero-order valence-corrected chi connectivity index (χ0v) is 28.7. The largest absolute Gasteiger partial charge is 0.506 e. The van der Waals surface area contributed by atoms with Crippen LogP contribution in [0, 0.1) is 35.5 Å². The Balaban J connectivity index is 1.14. The standard InChI is InChI=1S/C44H48N2O4/c45-37-5-3-33(17-39(37)47)49-41-7-1-31(43-19-25-9-26(20-43)11-27(10-25)21-43)15-35(41)36-16-32(44-22-28-12-29(23-44)14-30(13-28)24-44)2-8-42(36)50-34-4-6-38(46)40(48)18-34/h1-8,15-18,25-30,47-48H,9-14,19-24,45-46H2. The molecule has 8 saturated carbocycles. The molecule has 0 aromatic heterocycles. The molecule has 6 heteroatoms. The number of rotatable bonds is 7. The smallest absolute Gasteiger partial charge is 0.142 e. The second kappa shape index (κ2) is 11.1. The maximum Gasteiger partial charge on any atom is 0.142 e. The summed E-state index contributed by atoms with van der Waals surface area (Å²) in [5.74, 6) is 7.48. The molecule has 8 aliphatic carbocycles. The van der Waals surface area contributed by atoms with Gasteiger partial charge in [-0.25, -0.2) is 0 Å². The van der Waals surface area contributed by atoms with Crippen molar-refractivity contribution in [2.24, 2.45) is 35.5 Å². The fourth-order valence-electron chi connectivity index (χ4n) is 12.7. The minimum absolute atomic E-state index is 0.00484. The highest BCUT2D eigenvalue weighted by Crippen LogP contribution is 2.63. The molecule has 12 rings (SSSR count). The van der Waals surface area contributed by atoms with Gasteiger partial charge in [0.15, 0.2) is 0 Å². The molecular formula is C44H48N2O4. The summed E-state index contributed by atoms with van der Waals surface area (Å²) in [5.41, 5.74) is 17.8. The van der Waals surface area contributed by atoms with Crippen LogP contribution in [0.25, 0.3) is 11.1 Å². The van der Waals surface area contributed by atoms with Crippen LogP contribution in [-0.4, -0.2) is 10.2 Å². The fraction of sp³-hybridized carbons (Fsp3) is 0.455. The summed E-state index contributed by atoms with van der Waals surface area (Å²) >= 11 is 0. The second-order valence-electron chi connectivity index (χ2n) is 17.5. The van der Waals surface area contributed by atoms with Gasteiger partial charge in [0.25, 0.3) is 0 Å². The molecule has 4 aromatic carbocycles. The van der Waals surface area contributed by atoms with Crippen LogP contribution < -0.4 is 20.9 Å². The zero-order valence-electron chi connectivity index (χ0n) is 28.7. The molecule has 0 saturated heterocycles. The third-order valence-electron chi connectivity index (χ3n) is 14.0. The highest BCUT2D eigenvalue weighted by Gasteiger charge is 2.53.